The molecule has 5 nitrogen and oxygen atoms in total. The van der Waals surface area contributed by atoms with E-state index in [1.54, 1.807) is 25.1 Å². The zero-order chi connectivity index (χ0) is 26.0. The van der Waals surface area contributed by atoms with E-state index in [1.165, 1.54) is 11.0 Å². The van der Waals surface area contributed by atoms with Crippen molar-refractivity contribution in [2.75, 3.05) is 18.1 Å². The van der Waals surface area contributed by atoms with Gasteiger partial charge in [0.05, 0.1) is 23.9 Å². The average molecular weight is 522 g/mol. The fraction of sp³-hybridized carbons (Fsp3) is 0.250. The molecule has 1 amide bonds. The van der Waals surface area contributed by atoms with Crippen molar-refractivity contribution in [1.82, 2.24) is 4.90 Å². The van der Waals surface area contributed by atoms with Crippen LogP contribution in [0.25, 0.3) is 16.0 Å². The maximum absolute atomic E-state index is 14.6. The number of benzene rings is 3. The molecule has 1 aliphatic rings. The molecule has 0 aliphatic carbocycles. The molecule has 4 rings (SSSR count). The molecular weight excluding hydrogens is 497 g/mol. The molecule has 0 N–H and O–H groups in total. The summed E-state index contributed by atoms with van der Waals surface area (Å²) in [7, 11) is 0. The second kappa shape index (κ2) is 10.3. The zero-order valence-electron chi connectivity index (χ0n) is 20.2. The van der Waals surface area contributed by atoms with Gasteiger partial charge in [-0.2, -0.15) is 0 Å². The van der Waals surface area contributed by atoms with Crippen molar-refractivity contribution in [3.8, 4) is 16.9 Å². The van der Waals surface area contributed by atoms with Crippen molar-refractivity contribution in [2.24, 2.45) is 0 Å². The van der Waals surface area contributed by atoms with Gasteiger partial charge in [-0.1, -0.05) is 54.1 Å². The second-order valence-electron chi connectivity index (χ2n) is 9.00. The first-order valence-corrected chi connectivity index (χ1v) is 12.3. The third-order valence-corrected chi connectivity index (χ3v) is 7.22. The highest BCUT2D eigenvalue weighted by atomic mass is 35.5. The smallest absolute Gasteiger partial charge is 0.258 e. The van der Waals surface area contributed by atoms with Gasteiger partial charge in [0.2, 0.25) is 5.69 Å². The summed E-state index contributed by atoms with van der Waals surface area (Å²) in [5.74, 6) is -0.420. The van der Waals surface area contributed by atoms with Crippen molar-refractivity contribution in [3.05, 3.63) is 88.5 Å². The lowest BCUT2D eigenvalue weighted by molar-refractivity contribution is -0.123. The summed E-state index contributed by atoms with van der Waals surface area (Å²) >= 11 is 12.0. The van der Waals surface area contributed by atoms with Crippen LogP contribution < -0.4 is 9.64 Å². The molecule has 1 heterocycles. The Morgan fingerprint density at radius 3 is 2.50 bits per heavy atom. The van der Waals surface area contributed by atoms with Crippen LogP contribution in [0.4, 0.5) is 15.8 Å². The molecule has 184 valence electrons. The maximum atomic E-state index is 14.6. The summed E-state index contributed by atoms with van der Waals surface area (Å²) in [5, 5.41) is 0.668. The highest BCUT2D eigenvalue weighted by Gasteiger charge is 2.49. The van der Waals surface area contributed by atoms with Gasteiger partial charge in [0, 0.05) is 6.54 Å². The third-order valence-electron chi connectivity index (χ3n) is 6.34. The Hall–Kier alpha value is -3.47. The van der Waals surface area contributed by atoms with Crippen LogP contribution >= 0.6 is 23.8 Å². The largest absolute Gasteiger partial charge is 0.490 e. The number of nitrogens with zero attached hydrogens (tertiary/aromatic N) is 3. The van der Waals surface area contributed by atoms with E-state index in [1.807, 2.05) is 55.1 Å². The number of thiocarbonyl (C=S) groups is 1. The standard InChI is InChI=1S/C28H25ClFN3O2S/c1-18-23(13-12-22(31-4)25(18)29)33-26(34)28(2,3)32(27(33)36)15-8-16-35-24-14-11-20(17-21(24)30)19-9-6-5-7-10-19/h5-7,9-14,17H,8,15-16H2,1-3H3. The minimum absolute atomic E-state index is 0.175. The summed E-state index contributed by atoms with van der Waals surface area (Å²) in [6, 6.07) is 17.8. The number of anilines is 1. The lowest BCUT2D eigenvalue weighted by atomic mass is 10.0. The Balaban J connectivity index is 1.42. The van der Waals surface area contributed by atoms with Gasteiger partial charge < -0.3 is 9.64 Å². The summed E-state index contributed by atoms with van der Waals surface area (Å²) < 4.78 is 20.3. The van der Waals surface area contributed by atoms with E-state index in [-0.39, 0.29) is 18.3 Å². The van der Waals surface area contributed by atoms with Crippen LogP contribution in [0.15, 0.2) is 60.7 Å². The summed E-state index contributed by atoms with van der Waals surface area (Å²) in [6.07, 6.45) is 0.529. The molecular formula is C28H25ClFN3O2S. The van der Waals surface area contributed by atoms with Gasteiger partial charge in [0.1, 0.15) is 5.54 Å². The van der Waals surface area contributed by atoms with Gasteiger partial charge in [0.25, 0.3) is 5.91 Å². The molecule has 0 saturated carbocycles. The Morgan fingerprint density at radius 2 is 1.83 bits per heavy atom. The minimum atomic E-state index is -0.878. The quantitative estimate of drug-likeness (QED) is 0.187. The van der Waals surface area contributed by atoms with E-state index in [0.717, 1.165) is 11.1 Å². The van der Waals surface area contributed by atoms with Crippen LogP contribution in [-0.4, -0.2) is 34.6 Å². The van der Waals surface area contributed by atoms with E-state index < -0.39 is 11.4 Å². The van der Waals surface area contributed by atoms with E-state index in [0.29, 0.717) is 40.0 Å². The molecule has 36 heavy (non-hydrogen) atoms. The number of halogens is 2. The highest BCUT2D eigenvalue weighted by molar-refractivity contribution is 7.80. The van der Waals surface area contributed by atoms with Gasteiger partial charge in [-0.25, -0.2) is 9.24 Å². The van der Waals surface area contributed by atoms with Gasteiger partial charge >= 0.3 is 0 Å². The average Bonchev–Trinajstić information content (AvgIpc) is 3.03. The fourth-order valence-corrected chi connectivity index (χ4v) is 4.95. The van der Waals surface area contributed by atoms with Gasteiger partial charge in [-0.05, 0) is 74.3 Å². The van der Waals surface area contributed by atoms with E-state index in [2.05, 4.69) is 4.85 Å². The van der Waals surface area contributed by atoms with Crippen LogP contribution in [0.2, 0.25) is 5.02 Å². The van der Waals surface area contributed by atoms with E-state index in [9.17, 15) is 9.18 Å². The predicted octanol–water partition coefficient (Wildman–Crippen LogP) is 7.19. The normalized spacial score (nSPS) is 14.8. The molecule has 8 heteroatoms. The fourth-order valence-electron chi connectivity index (χ4n) is 4.25. The van der Waals surface area contributed by atoms with Crippen molar-refractivity contribution in [1.29, 1.82) is 0 Å². The molecule has 0 unspecified atom stereocenters. The lowest BCUT2D eigenvalue weighted by Gasteiger charge is -2.29. The molecule has 1 aliphatic heterocycles. The number of hydrogen-bond acceptors (Lipinski definition) is 3. The number of ether oxygens (including phenoxy) is 1. The van der Waals surface area contributed by atoms with Crippen molar-refractivity contribution in [3.63, 3.8) is 0 Å². The van der Waals surface area contributed by atoms with Gasteiger partial charge in [-0.15, -0.1) is 0 Å². The monoisotopic (exact) mass is 521 g/mol. The first-order valence-electron chi connectivity index (χ1n) is 11.5. The zero-order valence-corrected chi connectivity index (χ0v) is 21.8. The second-order valence-corrected chi connectivity index (χ2v) is 9.74. The molecule has 0 aromatic heterocycles. The van der Waals surface area contributed by atoms with Crippen LogP contribution in [0.3, 0.4) is 0 Å². The molecule has 0 radical (unpaired) electrons. The Kier molecular flexibility index (Phi) is 7.30. The number of carbonyl (C=O) groups excluding carboxylic acids is 1. The van der Waals surface area contributed by atoms with E-state index in [4.69, 9.17) is 35.1 Å². The first kappa shape index (κ1) is 25.6. The number of carbonyl (C=O) groups is 1. The molecule has 3 aromatic carbocycles. The highest BCUT2D eigenvalue weighted by Crippen LogP contribution is 2.39. The SMILES string of the molecule is [C-]#[N+]c1ccc(N2C(=O)C(C)(C)N(CCCOc3ccc(-c4ccccc4)cc3F)C2=S)c(C)c1Cl. The maximum Gasteiger partial charge on any atom is 0.258 e. The minimum Gasteiger partial charge on any atom is -0.490 e. The van der Waals surface area contributed by atoms with Gasteiger partial charge in [0.15, 0.2) is 16.7 Å². The van der Waals surface area contributed by atoms with Crippen LogP contribution in [-0.2, 0) is 4.79 Å². The molecule has 3 aromatic rings. The molecule has 1 saturated heterocycles. The Bertz CT molecular complexity index is 1370. The first-order chi connectivity index (χ1) is 17.2. The number of amides is 1. The molecule has 0 spiro atoms. The Morgan fingerprint density at radius 1 is 1.11 bits per heavy atom. The third kappa shape index (κ3) is 4.67. The number of rotatable bonds is 7. The van der Waals surface area contributed by atoms with Crippen molar-refractivity contribution < 1.29 is 13.9 Å². The van der Waals surface area contributed by atoms with Crippen molar-refractivity contribution >= 4 is 46.2 Å². The molecule has 1 fully saturated rings. The summed E-state index contributed by atoms with van der Waals surface area (Å²) in [5.41, 5.74) is 2.35. The summed E-state index contributed by atoms with van der Waals surface area (Å²) in [6.45, 7) is 13.4. The van der Waals surface area contributed by atoms with E-state index >= 15 is 0 Å². The van der Waals surface area contributed by atoms with Crippen LogP contribution in [0.5, 0.6) is 5.75 Å². The molecule has 0 atom stereocenters. The van der Waals surface area contributed by atoms with Crippen LogP contribution in [0.1, 0.15) is 25.8 Å². The van der Waals surface area contributed by atoms with Crippen LogP contribution in [0, 0.1) is 19.3 Å². The number of hydrogen-bond donors (Lipinski definition) is 0. The van der Waals surface area contributed by atoms with Crippen molar-refractivity contribution in [2.45, 2.75) is 32.7 Å². The molecule has 0 bridgehead atoms. The predicted molar refractivity (Wildman–Crippen MR) is 145 cm³/mol. The Labute approximate surface area is 220 Å². The lowest BCUT2D eigenvalue weighted by Crippen LogP contribution is -2.44. The van der Waals surface area contributed by atoms with Gasteiger partial charge in [-0.3, -0.25) is 9.69 Å². The topological polar surface area (TPSA) is 37.1 Å². The summed E-state index contributed by atoms with van der Waals surface area (Å²) in [4.78, 5) is 20.1.